The fraction of sp³-hybridized carbons (Fsp3) is 0.560. The molecule has 0 unspecified atom stereocenters. The maximum absolute atomic E-state index is 13.4. The second-order valence-electron chi connectivity index (χ2n) is 9.99. The zero-order valence-corrected chi connectivity index (χ0v) is 20.8. The zero-order valence-electron chi connectivity index (χ0n) is 20.8. The number of aryl methyl sites for hydroxylation is 1. The van der Waals surface area contributed by atoms with E-state index in [1.54, 1.807) is 4.90 Å². The number of carbonyl (C=O) groups is 1. The molecule has 0 atom stereocenters. The molecule has 0 spiro atoms. The quantitative estimate of drug-likeness (QED) is 0.646. The second-order valence-corrected chi connectivity index (χ2v) is 9.99. The predicted octanol–water partition coefficient (Wildman–Crippen LogP) is 3.26. The molecule has 2 heterocycles. The van der Waals surface area contributed by atoms with Gasteiger partial charge in [0.15, 0.2) is 0 Å². The number of fused-ring (bicyclic) bond motifs is 1. The fourth-order valence-electron chi connectivity index (χ4n) is 3.80. The summed E-state index contributed by atoms with van der Waals surface area (Å²) in [5.74, 6) is 0.735. The first-order valence-electron chi connectivity index (χ1n) is 11.6. The minimum Gasteiger partial charge on any atom is -0.444 e. The summed E-state index contributed by atoms with van der Waals surface area (Å²) in [6.07, 6.45) is 1.14. The van der Waals surface area contributed by atoms with Gasteiger partial charge in [0, 0.05) is 24.2 Å². The molecule has 0 saturated carbocycles. The SMILES string of the molecule is Cc1ccc(Cn2nc(NCCCN(C)C)c3c(c2=O)CN(C(=O)OC(C)(C)C)CC3)cc1. The first-order chi connectivity index (χ1) is 15.5. The molecule has 3 rings (SSSR count). The van der Waals surface area contributed by atoms with E-state index in [0.29, 0.717) is 25.1 Å². The van der Waals surface area contributed by atoms with E-state index in [1.807, 2.05) is 66.1 Å². The monoisotopic (exact) mass is 455 g/mol. The fourth-order valence-corrected chi connectivity index (χ4v) is 3.80. The number of amides is 1. The maximum atomic E-state index is 13.4. The topological polar surface area (TPSA) is 79.7 Å². The van der Waals surface area contributed by atoms with Gasteiger partial charge in [-0.2, -0.15) is 5.10 Å². The predicted molar refractivity (Wildman–Crippen MR) is 131 cm³/mol. The lowest BCUT2D eigenvalue weighted by Gasteiger charge is -2.31. The van der Waals surface area contributed by atoms with Crippen LogP contribution in [0, 0.1) is 6.92 Å². The third-order valence-electron chi connectivity index (χ3n) is 5.52. The third kappa shape index (κ3) is 6.81. The van der Waals surface area contributed by atoms with Crippen LogP contribution >= 0.6 is 0 Å². The van der Waals surface area contributed by atoms with Gasteiger partial charge in [0.25, 0.3) is 5.56 Å². The van der Waals surface area contributed by atoms with Gasteiger partial charge in [-0.15, -0.1) is 0 Å². The molecule has 0 aliphatic carbocycles. The van der Waals surface area contributed by atoms with Gasteiger partial charge in [0.05, 0.1) is 13.1 Å². The second kappa shape index (κ2) is 10.4. The van der Waals surface area contributed by atoms with Crippen molar-refractivity contribution in [3.8, 4) is 0 Å². The molecule has 1 aromatic carbocycles. The van der Waals surface area contributed by atoms with E-state index in [0.717, 1.165) is 36.5 Å². The van der Waals surface area contributed by atoms with E-state index in [-0.39, 0.29) is 12.1 Å². The van der Waals surface area contributed by atoms with Crippen molar-refractivity contribution >= 4 is 11.9 Å². The molecule has 1 aliphatic heterocycles. The molecule has 1 N–H and O–H groups in total. The van der Waals surface area contributed by atoms with Crippen molar-refractivity contribution in [2.45, 2.75) is 59.2 Å². The summed E-state index contributed by atoms with van der Waals surface area (Å²) < 4.78 is 7.05. The van der Waals surface area contributed by atoms with Gasteiger partial charge in [-0.1, -0.05) is 29.8 Å². The molecule has 0 saturated heterocycles. The van der Waals surface area contributed by atoms with Crippen LogP contribution in [-0.2, 0) is 24.2 Å². The molecule has 2 aromatic rings. The molecule has 33 heavy (non-hydrogen) atoms. The summed E-state index contributed by atoms with van der Waals surface area (Å²) in [5, 5.41) is 8.13. The average Bonchev–Trinajstić information content (AvgIpc) is 2.74. The van der Waals surface area contributed by atoms with Crippen LogP contribution in [0.4, 0.5) is 10.6 Å². The Labute approximate surface area is 196 Å². The highest BCUT2D eigenvalue weighted by atomic mass is 16.6. The molecule has 1 aromatic heterocycles. The minimum atomic E-state index is -0.583. The molecular formula is C25H37N5O3. The molecule has 0 bridgehead atoms. The number of hydrogen-bond donors (Lipinski definition) is 1. The van der Waals surface area contributed by atoms with E-state index in [4.69, 9.17) is 9.84 Å². The number of anilines is 1. The number of ether oxygens (including phenoxy) is 1. The Bertz CT molecular complexity index is 1020. The molecular weight excluding hydrogens is 418 g/mol. The molecule has 8 heteroatoms. The summed E-state index contributed by atoms with van der Waals surface area (Å²) in [5.41, 5.74) is 2.96. The molecule has 0 fully saturated rings. The maximum Gasteiger partial charge on any atom is 0.410 e. The number of rotatable bonds is 7. The largest absolute Gasteiger partial charge is 0.444 e. The van der Waals surface area contributed by atoms with Gasteiger partial charge in [0.1, 0.15) is 11.4 Å². The molecule has 180 valence electrons. The molecule has 1 aliphatic rings. The number of benzene rings is 1. The number of hydrogen-bond acceptors (Lipinski definition) is 6. The Morgan fingerprint density at radius 2 is 1.88 bits per heavy atom. The first-order valence-corrected chi connectivity index (χ1v) is 11.6. The van der Waals surface area contributed by atoms with Gasteiger partial charge in [-0.05, 0) is 66.7 Å². The van der Waals surface area contributed by atoms with Crippen LogP contribution in [0.1, 0.15) is 49.4 Å². The summed E-state index contributed by atoms with van der Waals surface area (Å²) in [6, 6.07) is 8.09. The lowest BCUT2D eigenvalue weighted by Crippen LogP contribution is -2.43. The van der Waals surface area contributed by atoms with Crippen molar-refractivity contribution in [1.29, 1.82) is 0 Å². The van der Waals surface area contributed by atoms with Crippen LogP contribution in [0.2, 0.25) is 0 Å². The van der Waals surface area contributed by atoms with Gasteiger partial charge in [-0.25, -0.2) is 9.48 Å². The van der Waals surface area contributed by atoms with Crippen LogP contribution in [0.5, 0.6) is 0 Å². The van der Waals surface area contributed by atoms with Gasteiger partial charge in [-0.3, -0.25) is 4.79 Å². The summed E-state index contributed by atoms with van der Waals surface area (Å²) in [4.78, 5) is 29.8. The van der Waals surface area contributed by atoms with E-state index >= 15 is 0 Å². The highest BCUT2D eigenvalue weighted by molar-refractivity contribution is 5.69. The van der Waals surface area contributed by atoms with Gasteiger partial charge < -0.3 is 19.9 Å². The van der Waals surface area contributed by atoms with Crippen molar-refractivity contribution in [3.63, 3.8) is 0 Å². The van der Waals surface area contributed by atoms with Crippen molar-refractivity contribution in [2.24, 2.45) is 0 Å². The lowest BCUT2D eigenvalue weighted by molar-refractivity contribution is 0.0222. The number of aromatic nitrogens is 2. The molecule has 8 nitrogen and oxygen atoms in total. The van der Waals surface area contributed by atoms with Crippen molar-refractivity contribution in [1.82, 2.24) is 19.6 Å². The Kier molecular flexibility index (Phi) is 7.79. The average molecular weight is 456 g/mol. The van der Waals surface area contributed by atoms with E-state index in [2.05, 4.69) is 10.2 Å². The van der Waals surface area contributed by atoms with Crippen LogP contribution < -0.4 is 10.9 Å². The highest BCUT2D eigenvalue weighted by Gasteiger charge is 2.29. The number of nitrogens with one attached hydrogen (secondary N) is 1. The van der Waals surface area contributed by atoms with Crippen LogP contribution in [0.15, 0.2) is 29.1 Å². The van der Waals surface area contributed by atoms with Crippen LogP contribution in [-0.4, -0.2) is 65.0 Å². The van der Waals surface area contributed by atoms with Crippen molar-refractivity contribution < 1.29 is 9.53 Å². The van der Waals surface area contributed by atoms with Crippen LogP contribution in [0.3, 0.4) is 0 Å². The van der Waals surface area contributed by atoms with E-state index in [1.165, 1.54) is 10.2 Å². The summed E-state index contributed by atoms with van der Waals surface area (Å²) in [7, 11) is 4.10. The highest BCUT2D eigenvalue weighted by Crippen LogP contribution is 2.24. The summed E-state index contributed by atoms with van der Waals surface area (Å²) in [6.45, 7) is 10.4. The number of carbonyl (C=O) groups excluding carboxylic acids is 1. The van der Waals surface area contributed by atoms with E-state index < -0.39 is 11.7 Å². The summed E-state index contributed by atoms with van der Waals surface area (Å²) >= 11 is 0. The first kappa shape index (κ1) is 24.8. The van der Waals surface area contributed by atoms with Crippen LogP contribution in [0.25, 0.3) is 0 Å². The zero-order chi connectivity index (χ0) is 24.2. The lowest BCUT2D eigenvalue weighted by atomic mass is 10.0. The van der Waals surface area contributed by atoms with Gasteiger partial charge >= 0.3 is 6.09 Å². The van der Waals surface area contributed by atoms with Crippen molar-refractivity contribution in [3.05, 3.63) is 56.9 Å². The Hall–Kier alpha value is -2.87. The number of nitrogens with zero attached hydrogens (tertiary/aromatic N) is 4. The standard InChI is InChI=1S/C25H37N5O3/c1-18-8-10-19(11-9-18)16-30-23(31)21-17-29(24(32)33-25(2,3)4)15-12-20(21)22(27-30)26-13-7-14-28(5)6/h8-11H,7,12-17H2,1-6H3,(H,26,27). The smallest absolute Gasteiger partial charge is 0.410 e. The Balaban J connectivity index is 1.90. The molecule has 1 amide bonds. The minimum absolute atomic E-state index is 0.155. The Morgan fingerprint density at radius 1 is 1.18 bits per heavy atom. The van der Waals surface area contributed by atoms with E-state index in [9.17, 15) is 9.59 Å². The molecule has 0 radical (unpaired) electrons. The van der Waals surface area contributed by atoms with Gasteiger partial charge in [0.2, 0.25) is 0 Å². The third-order valence-corrected chi connectivity index (χ3v) is 5.52. The van der Waals surface area contributed by atoms with Crippen molar-refractivity contribution in [2.75, 3.05) is 39.0 Å². The Morgan fingerprint density at radius 3 is 2.52 bits per heavy atom. The normalized spacial score (nSPS) is 13.7.